The summed E-state index contributed by atoms with van der Waals surface area (Å²) < 4.78 is 40.5. The average molecular weight is 305 g/mol. The van der Waals surface area contributed by atoms with Gasteiger partial charge in [0.2, 0.25) is 0 Å². The van der Waals surface area contributed by atoms with Gasteiger partial charge in [0, 0.05) is 5.39 Å². The lowest BCUT2D eigenvalue weighted by Gasteiger charge is -2.11. The largest absolute Gasteiger partial charge is 0.277 e. The van der Waals surface area contributed by atoms with Gasteiger partial charge in [-0.15, -0.1) is 0 Å². The number of fused-ring (bicyclic) bond motifs is 1. The summed E-state index contributed by atoms with van der Waals surface area (Å²) in [6.45, 7) is 1.55. The summed E-state index contributed by atoms with van der Waals surface area (Å²) in [5, 5.41) is 7.43. The van der Waals surface area contributed by atoms with E-state index in [9.17, 15) is 12.8 Å². The maximum absolute atomic E-state index is 13.1. The smallest absolute Gasteiger partial charge is 0.262 e. The first-order chi connectivity index (χ1) is 9.97. The molecule has 3 rings (SSSR count). The van der Waals surface area contributed by atoms with E-state index >= 15 is 0 Å². The molecule has 1 heterocycles. The van der Waals surface area contributed by atoms with Gasteiger partial charge in [0.05, 0.1) is 22.3 Å². The monoisotopic (exact) mass is 305 g/mol. The molecule has 0 saturated heterocycles. The van der Waals surface area contributed by atoms with Crippen LogP contribution >= 0.6 is 0 Å². The highest BCUT2D eigenvalue weighted by Crippen LogP contribution is 2.25. The summed E-state index contributed by atoms with van der Waals surface area (Å²) >= 11 is 0. The zero-order valence-corrected chi connectivity index (χ0v) is 11.9. The van der Waals surface area contributed by atoms with Crippen molar-refractivity contribution in [2.75, 3.05) is 4.72 Å². The third kappa shape index (κ3) is 2.47. The van der Waals surface area contributed by atoms with Gasteiger partial charge >= 0.3 is 0 Å². The predicted molar refractivity (Wildman–Crippen MR) is 78.0 cm³/mol. The molecule has 5 nitrogen and oxygen atoms in total. The van der Waals surface area contributed by atoms with E-state index in [1.165, 1.54) is 12.1 Å². The Hall–Kier alpha value is -2.41. The minimum Gasteiger partial charge on any atom is -0.277 e. The summed E-state index contributed by atoms with van der Waals surface area (Å²) in [6.07, 6.45) is 1.61. The number of sulfonamides is 1. The molecule has 0 radical (unpaired) electrons. The molecule has 0 fully saturated rings. The Bertz CT molecular complexity index is 919. The Kier molecular flexibility index (Phi) is 3.13. The second-order valence-corrected chi connectivity index (χ2v) is 6.31. The van der Waals surface area contributed by atoms with Crippen LogP contribution < -0.4 is 4.72 Å². The van der Waals surface area contributed by atoms with Crippen LogP contribution in [-0.2, 0) is 10.0 Å². The van der Waals surface area contributed by atoms with Crippen LogP contribution in [-0.4, -0.2) is 18.6 Å². The zero-order valence-electron chi connectivity index (χ0n) is 11.1. The molecule has 0 aliphatic carbocycles. The quantitative estimate of drug-likeness (QED) is 0.781. The van der Waals surface area contributed by atoms with Crippen molar-refractivity contribution in [3.8, 4) is 0 Å². The molecule has 0 unspecified atom stereocenters. The molecule has 108 valence electrons. The van der Waals surface area contributed by atoms with Crippen molar-refractivity contribution in [3.05, 3.63) is 54.0 Å². The minimum absolute atomic E-state index is 0.0421. The number of aryl methyl sites for hydroxylation is 1. The Balaban J connectivity index is 2.05. The van der Waals surface area contributed by atoms with E-state index in [0.717, 1.165) is 11.5 Å². The lowest BCUT2D eigenvalue weighted by Crippen LogP contribution is -2.14. The summed E-state index contributed by atoms with van der Waals surface area (Å²) in [6, 6.07) is 8.74. The molecular formula is C14H12FN3O2S. The van der Waals surface area contributed by atoms with Crippen LogP contribution in [0.4, 0.5) is 10.1 Å². The third-order valence-corrected chi connectivity index (χ3v) is 4.67. The lowest BCUT2D eigenvalue weighted by molar-refractivity contribution is 0.598. The van der Waals surface area contributed by atoms with E-state index in [1.807, 2.05) is 6.07 Å². The Labute approximate surface area is 120 Å². The van der Waals surface area contributed by atoms with Crippen LogP contribution in [0.25, 0.3) is 10.9 Å². The Morgan fingerprint density at radius 3 is 2.81 bits per heavy atom. The van der Waals surface area contributed by atoms with Crippen LogP contribution in [0, 0.1) is 12.7 Å². The van der Waals surface area contributed by atoms with Gasteiger partial charge in [0.15, 0.2) is 0 Å². The van der Waals surface area contributed by atoms with Crippen LogP contribution in [0.3, 0.4) is 0 Å². The highest BCUT2D eigenvalue weighted by Gasteiger charge is 2.18. The minimum atomic E-state index is -3.79. The maximum atomic E-state index is 13.1. The highest BCUT2D eigenvalue weighted by molar-refractivity contribution is 7.92. The van der Waals surface area contributed by atoms with Crippen molar-refractivity contribution in [2.24, 2.45) is 0 Å². The van der Waals surface area contributed by atoms with Gasteiger partial charge in [-0.1, -0.05) is 12.1 Å². The molecule has 1 aromatic heterocycles. The fraction of sp³-hybridized carbons (Fsp3) is 0.0714. The van der Waals surface area contributed by atoms with Gasteiger partial charge in [0.25, 0.3) is 10.0 Å². The molecule has 0 amide bonds. The fourth-order valence-electron chi connectivity index (χ4n) is 2.17. The second-order valence-electron chi connectivity index (χ2n) is 4.66. The topological polar surface area (TPSA) is 74.8 Å². The van der Waals surface area contributed by atoms with E-state index in [1.54, 1.807) is 25.3 Å². The number of hydrogen-bond acceptors (Lipinski definition) is 3. The zero-order chi connectivity index (χ0) is 15.0. The van der Waals surface area contributed by atoms with Gasteiger partial charge in [-0.2, -0.15) is 5.10 Å². The van der Waals surface area contributed by atoms with Crippen molar-refractivity contribution >= 4 is 26.6 Å². The number of H-pyrrole nitrogens is 1. The van der Waals surface area contributed by atoms with Gasteiger partial charge in [-0.25, -0.2) is 12.8 Å². The molecule has 0 spiro atoms. The van der Waals surface area contributed by atoms with Crippen molar-refractivity contribution in [1.29, 1.82) is 0 Å². The number of rotatable bonds is 3. The van der Waals surface area contributed by atoms with E-state index in [0.29, 0.717) is 16.8 Å². The molecule has 2 N–H and O–H groups in total. The normalized spacial score (nSPS) is 11.7. The molecule has 0 bridgehead atoms. The Morgan fingerprint density at radius 1 is 1.24 bits per heavy atom. The first-order valence-electron chi connectivity index (χ1n) is 6.18. The number of nitrogens with zero attached hydrogens (tertiary/aromatic N) is 1. The highest BCUT2D eigenvalue weighted by atomic mass is 32.2. The van der Waals surface area contributed by atoms with E-state index < -0.39 is 15.8 Å². The van der Waals surface area contributed by atoms with Crippen LogP contribution in [0.15, 0.2) is 47.5 Å². The van der Waals surface area contributed by atoms with Gasteiger partial charge in [-0.05, 0) is 36.8 Å². The van der Waals surface area contributed by atoms with Gasteiger partial charge < -0.3 is 0 Å². The van der Waals surface area contributed by atoms with Crippen LogP contribution in [0.1, 0.15) is 5.56 Å². The Morgan fingerprint density at radius 2 is 2.05 bits per heavy atom. The molecule has 21 heavy (non-hydrogen) atoms. The van der Waals surface area contributed by atoms with Crippen LogP contribution in [0.5, 0.6) is 0 Å². The summed E-state index contributed by atoms with van der Waals surface area (Å²) in [4.78, 5) is 0.0421. The van der Waals surface area contributed by atoms with Crippen molar-refractivity contribution in [3.63, 3.8) is 0 Å². The van der Waals surface area contributed by atoms with Crippen LogP contribution in [0.2, 0.25) is 0 Å². The third-order valence-electron chi connectivity index (χ3n) is 3.15. The molecule has 0 aliphatic rings. The molecular weight excluding hydrogens is 293 g/mol. The SMILES string of the molecule is Cc1cc(F)ccc1S(=O)(=O)Nc1cccc2cn[nH]c12. The number of benzene rings is 2. The predicted octanol–water partition coefficient (Wildman–Crippen LogP) is 2.81. The molecule has 7 heteroatoms. The lowest BCUT2D eigenvalue weighted by atomic mass is 10.2. The number of nitrogens with one attached hydrogen (secondary N) is 2. The average Bonchev–Trinajstić information content (AvgIpc) is 2.87. The fourth-order valence-corrected chi connectivity index (χ4v) is 3.47. The number of aromatic nitrogens is 2. The molecule has 3 aromatic rings. The molecule has 0 aliphatic heterocycles. The van der Waals surface area contributed by atoms with E-state index in [4.69, 9.17) is 0 Å². The number of para-hydroxylation sites is 1. The van der Waals surface area contributed by atoms with Crippen molar-refractivity contribution in [1.82, 2.24) is 10.2 Å². The summed E-state index contributed by atoms with van der Waals surface area (Å²) in [5.41, 5.74) is 1.34. The summed E-state index contributed by atoms with van der Waals surface area (Å²) in [5.74, 6) is -0.470. The van der Waals surface area contributed by atoms with Gasteiger partial charge in [0.1, 0.15) is 5.82 Å². The van der Waals surface area contributed by atoms with E-state index in [-0.39, 0.29) is 4.90 Å². The standard InChI is InChI=1S/C14H12FN3O2S/c1-9-7-11(15)5-6-13(9)21(19,20)18-12-4-2-3-10-8-16-17-14(10)12/h2-8,18H,1H3,(H,16,17). The number of anilines is 1. The summed E-state index contributed by atoms with van der Waals surface area (Å²) in [7, 11) is -3.79. The van der Waals surface area contributed by atoms with E-state index in [2.05, 4.69) is 14.9 Å². The first kappa shape index (κ1) is 13.6. The molecule has 0 atom stereocenters. The molecule has 2 aromatic carbocycles. The first-order valence-corrected chi connectivity index (χ1v) is 7.67. The second kappa shape index (κ2) is 4.85. The van der Waals surface area contributed by atoms with Gasteiger partial charge in [-0.3, -0.25) is 9.82 Å². The van der Waals surface area contributed by atoms with Crippen molar-refractivity contribution in [2.45, 2.75) is 11.8 Å². The number of halogens is 1. The molecule has 0 saturated carbocycles. The number of aromatic amines is 1. The van der Waals surface area contributed by atoms with Crippen molar-refractivity contribution < 1.29 is 12.8 Å². The number of hydrogen-bond donors (Lipinski definition) is 2. The maximum Gasteiger partial charge on any atom is 0.262 e.